The Balaban J connectivity index is 1.51. The highest BCUT2D eigenvalue weighted by atomic mass is 32.1. The summed E-state index contributed by atoms with van der Waals surface area (Å²) in [4.78, 5) is 28.6. The first kappa shape index (κ1) is 17.9. The normalized spacial score (nSPS) is 14.1. The van der Waals surface area contributed by atoms with Gasteiger partial charge in [0.1, 0.15) is 5.75 Å². The highest BCUT2D eigenvalue weighted by Crippen LogP contribution is 2.28. The van der Waals surface area contributed by atoms with E-state index in [1.807, 2.05) is 25.1 Å². The Morgan fingerprint density at radius 1 is 1.17 bits per heavy atom. The fourth-order valence-electron chi connectivity index (χ4n) is 3.58. The largest absolute Gasteiger partial charge is 0.497 e. The number of aromatic nitrogens is 5. The smallest absolute Gasteiger partial charge is 0.273 e. The van der Waals surface area contributed by atoms with E-state index in [0.29, 0.717) is 10.8 Å². The van der Waals surface area contributed by atoms with E-state index < -0.39 is 0 Å². The summed E-state index contributed by atoms with van der Waals surface area (Å²) in [5, 5.41) is 3.74. The van der Waals surface area contributed by atoms with Crippen molar-refractivity contribution in [2.75, 3.05) is 25.1 Å². The molecular formula is C20H20N6O2S. The number of rotatable bonds is 4. The van der Waals surface area contributed by atoms with Crippen molar-refractivity contribution in [3.05, 3.63) is 46.5 Å². The molecule has 0 radical (unpaired) electrons. The van der Waals surface area contributed by atoms with Crippen LogP contribution in [0.3, 0.4) is 0 Å². The molecule has 5 rings (SSSR count). The van der Waals surface area contributed by atoms with Crippen molar-refractivity contribution < 1.29 is 4.74 Å². The molecule has 0 spiro atoms. The molecule has 1 saturated heterocycles. The fraction of sp³-hybridized carbons (Fsp3) is 0.300. The number of benzene rings is 1. The van der Waals surface area contributed by atoms with Crippen molar-refractivity contribution in [3.63, 3.8) is 0 Å². The van der Waals surface area contributed by atoms with E-state index in [9.17, 15) is 4.79 Å². The van der Waals surface area contributed by atoms with Crippen LogP contribution in [0.25, 0.3) is 26.6 Å². The summed E-state index contributed by atoms with van der Waals surface area (Å²) in [6.07, 6.45) is 4.14. The summed E-state index contributed by atoms with van der Waals surface area (Å²) < 4.78 is 7.68. The second-order valence-corrected chi connectivity index (χ2v) is 8.05. The van der Waals surface area contributed by atoms with Gasteiger partial charge in [-0.05, 0) is 38.0 Å². The van der Waals surface area contributed by atoms with Crippen LogP contribution in [0.5, 0.6) is 5.75 Å². The molecule has 1 N–H and O–H groups in total. The van der Waals surface area contributed by atoms with E-state index >= 15 is 0 Å². The Bertz CT molecular complexity index is 1250. The molecule has 0 aliphatic carbocycles. The average Bonchev–Trinajstić information content (AvgIpc) is 3.46. The van der Waals surface area contributed by atoms with Gasteiger partial charge in [0, 0.05) is 30.9 Å². The van der Waals surface area contributed by atoms with E-state index in [1.54, 1.807) is 19.4 Å². The van der Waals surface area contributed by atoms with Gasteiger partial charge in [-0.2, -0.15) is 4.68 Å². The number of anilines is 1. The molecule has 148 valence electrons. The Labute approximate surface area is 170 Å². The summed E-state index contributed by atoms with van der Waals surface area (Å²) in [7, 11) is 1.63. The van der Waals surface area contributed by atoms with Crippen LogP contribution < -0.4 is 15.2 Å². The van der Waals surface area contributed by atoms with Gasteiger partial charge in [0.05, 0.1) is 28.7 Å². The van der Waals surface area contributed by atoms with Crippen molar-refractivity contribution >= 4 is 27.5 Å². The molecule has 1 fully saturated rings. The summed E-state index contributed by atoms with van der Waals surface area (Å²) >= 11 is 1.43. The van der Waals surface area contributed by atoms with Gasteiger partial charge in [-0.1, -0.05) is 11.3 Å². The Morgan fingerprint density at radius 2 is 2.00 bits per heavy atom. The molecule has 1 aliphatic rings. The number of fused-ring (bicyclic) bond motifs is 1. The predicted molar refractivity (Wildman–Crippen MR) is 113 cm³/mol. The summed E-state index contributed by atoms with van der Waals surface area (Å²) in [5.74, 6) is 1.52. The van der Waals surface area contributed by atoms with Gasteiger partial charge in [0.2, 0.25) is 11.1 Å². The van der Waals surface area contributed by atoms with Crippen LogP contribution in [-0.4, -0.2) is 44.9 Å². The number of nitrogens with zero attached hydrogens (tertiary/aromatic N) is 5. The molecule has 0 atom stereocenters. The third kappa shape index (κ3) is 3.17. The molecule has 0 bridgehead atoms. The van der Waals surface area contributed by atoms with Crippen molar-refractivity contribution in [2.45, 2.75) is 19.8 Å². The topological polar surface area (TPSA) is 88.9 Å². The Hall–Kier alpha value is -3.20. The molecule has 3 aromatic heterocycles. The molecule has 0 unspecified atom stereocenters. The van der Waals surface area contributed by atoms with Crippen LogP contribution in [-0.2, 0) is 0 Å². The first-order chi connectivity index (χ1) is 14.1. The third-order valence-electron chi connectivity index (χ3n) is 5.14. The first-order valence-corrected chi connectivity index (χ1v) is 10.3. The number of methoxy groups -OCH3 is 1. The zero-order chi connectivity index (χ0) is 20.0. The summed E-state index contributed by atoms with van der Waals surface area (Å²) in [5.41, 5.74) is 2.98. The minimum Gasteiger partial charge on any atom is -0.497 e. The maximum atomic E-state index is 12.6. The van der Waals surface area contributed by atoms with Crippen LogP contribution in [0.1, 0.15) is 18.5 Å². The number of hydrogen-bond acceptors (Lipinski definition) is 7. The van der Waals surface area contributed by atoms with Crippen molar-refractivity contribution in [1.29, 1.82) is 0 Å². The van der Waals surface area contributed by atoms with Gasteiger partial charge in [-0.25, -0.2) is 15.0 Å². The zero-order valence-corrected chi connectivity index (χ0v) is 17.0. The van der Waals surface area contributed by atoms with Gasteiger partial charge < -0.3 is 9.64 Å². The van der Waals surface area contributed by atoms with Crippen LogP contribution in [0.2, 0.25) is 0 Å². The molecule has 8 nitrogen and oxygen atoms in total. The van der Waals surface area contributed by atoms with E-state index in [2.05, 4.69) is 25.0 Å². The lowest BCUT2D eigenvalue weighted by molar-refractivity contribution is 0.415. The average molecular weight is 408 g/mol. The van der Waals surface area contributed by atoms with Gasteiger partial charge in [-0.3, -0.25) is 9.89 Å². The van der Waals surface area contributed by atoms with Crippen molar-refractivity contribution in [1.82, 2.24) is 24.7 Å². The van der Waals surface area contributed by atoms with E-state index in [-0.39, 0.29) is 5.56 Å². The van der Waals surface area contributed by atoms with Crippen LogP contribution in [0, 0.1) is 6.92 Å². The monoisotopic (exact) mass is 408 g/mol. The van der Waals surface area contributed by atoms with Gasteiger partial charge in [-0.15, -0.1) is 0 Å². The van der Waals surface area contributed by atoms with Crippen LogP contribution >= 0.6 is 11.3 Å². The standard InChI is InChI=1S/C20H20N6O2S/c1-12-14(11-21-19(22-12)25-7-3-4-8-25)16-10-18(27)26(24-16)20-23-15-6-5-13(28-2)9-17(15)29-20/h5-6,9-11,24H,3-4,7-8H2,1-2H3. The highest BCUT2D eigenvalue weighted by molar-refractivity contribution is 7.20. The molecule has 29 heavy (non-hydrogen) atoms. The molecule has 1 aliphatic heterocycles. The van der Waals surface area contributed by atoms with Gasteiger partial charge in [0.25, 0.3) is 5.56 Å². The quantitative estimate of drug-likeness (QED) is 0.558. The maximum Gasteiger partial charge on any atom is 0.273 e. The first-order valence-electron chi connectivity index (χ1n) is 9.48. The Kier molecular flexibility index (Phi) is 4.31. The third-order valence-corrected chi connectivity index (χ3v) is 6.15. The lowest BCUT2D eigenvalue weighted by Crippen LogP contribution is -2.20. The molecule has 1 aromatic carbocycles. The summed E-state index contributed by atoms with van der Waals surface area (Å²) in [6.45, 7) is 3.93. The summed E-state index contributed by atoms with van der Waals surface area (Å²) in [6, 6.07) is 7.23. The highest BCUT2D eigenvalue weighted by Gasteiger charge is 2.18. The van der Waals surface area contributed by atoms with E-state index in [4.69, 9.17) is 4.74 Å². The Morgan fingerprint density at radius 3 is 2.76 bits per heavy atom. The predicted octanol–water partition coefficient (Wildman–Crippen LogP) is 3.15. The zero-order valence-electron chi connectivity index (χ0n) is 16.2. The minimum atomic E-state index is -0.172. The lowest BCUT2D eigenvalue weighted by Gasteiger charge is -2.15. The lowest BCUT2D eigenvalue weighted by atomic mass is 10.2. The molecular weight excluding hydrogens is 388 g/mol. The number of nitrogens with one attached hydrogen (secondary N) is 1. The SMILES string of the molecule is COc1ccc2nc(-n3[nH]c(-c4cnc(N5CCCC5)nc4C)cc3=O)sc2c1. The number of aryl methyl sites for hydroxylation is 1. The molecule has 4 heterocycles. The molecule has 0 saturated carbocycles. The number of ether oxygens (including phenoxy) is 1. The number of aromatic amines is 1. The maximum absolute atomic E-state index is 12.6. The van der Waals surface area contributed by atoms with E-state index in [0.717, 1.165) is 46.3 Å². The van der Waals surface area contributed by atoms with E-state index in [1.165, 1.54) is 28.9 Å². The van der Waals surface area contributed by atoms with Crippen molar-refractivity contribution in [2.24, 2.45) is 0 Å². The number of thiazole rings is 1. The second-order valence-electron chi connectivity index (χ2n) is 7.04. The fourth-order valence-corrected chi connectivity index (χ4v) is 4.54. The number of hydrogen-bond donors (Lipinski definition) is 1. The van der Waals surface area contributed by atoms with Crippen LogP contribution in [0.4, 0.5) is 5.95 Å². The number of H-pyrrole nitrogens is 1. The van der Waals surface area contributed by atoms with Gasteiger partial charge in [0.15, 0.2) is 0 Å². The molecule has 9 heteroatoms. The van der Waals surface area contributed by atoms with Crippen molar-refractivity contribution in [3.8, 4) is 22.1 Å². The van der Waals surface area contributed by atoms with Crippen LogP contribution in [0.15, 0.2) is 35.3 Å². The molecule has 0 amide bonds. The minimum absolute atomic E-state index is 0.172. The molecule has 4 aromatic rings. The second kappa shape index (κ2) is 7.00. The van der Waals surface area contributed by atoms with Gasteiger partial charge >= 0.3 is 0 Å².